The Labute approximate surface area is 125 Å². The Balaban J connectivity index is 2.19. The molecule has 1 aromatic carbocycles. The van der Waals surface area contributed by atoms with Gasteiger partial charge in [-0.05, 0) is 57.5 Å². The third-order valence-electron chi connectivity index (χ3n) is 3.40. The lowest BCUT2D eigenvalue weighted by Gasteiger charge is -2.16. The lowest BCUT2D eigenvalue weighted by molar-refractivity contribution is 0.0956. The van der Waals surface area contributed by atoms with Gasteiger partial charge in [-0.15, -0.1) is 0 Å². The second-order valence-electron chi connectivity index (χ2n) is 5.20. The van der Waals surface area contributed by atoms with E-state index in [-0.39, 0.29) is 11.9 Å². The molecule has 1 atom stereocenters. The summed E-state index contributed by atoms with van der Waals surface area (Å²) in [5, 5.41) is 6.22. The number of benzene rings is 1. The van der Waals surface area contributed by atoms with Gasteiger partial charge in [-0.2, -0.15) is 0 Å². The van der Waals surface area contributed by atoms with Crippen LogP contribution in [0.4, 0.5) is 5.69 Å². The maximum atomic E-state index is 11.9. The summed E-state index contributed by atoms with van der Waals surface area (Å²) >= 11 is 0. The van der Waals surface area contributed by atoms with Gasteiger partial charge in [-0.1, -0.05) is 6.07 Å². The van der Waals surface area contributed by atoms with Crippen molar-refractivity contribution in [3.05, 3.63) is 53.0 Å². The average molecular weight is 286 g/mol. The zero-order chi connectivity index (χ0) is 15.4. The first-order chi connectivity index (χ1) is 10.0. The molecule has 0 saturated carbocycles. The molecule has 0 aliphatic rings. The third-order valence-corrected chi connectivity index (χ3v) is 3.40. The predicted molar refractivity (Wildman–Crippen MR) is 84.7 cm³/mol. The summed E-state index contributed by atoms with van der Waals surface area (Å²) < 4.78 is 5.63. The molecule has 1 amide bonds. The van der Waals surface area contributed by atoms with E-state index in [1.807, 2.05) is 58.0 Å². The quantitative estimate of drug-likeness (QED) is 0.878. The maximum absolute atomic E-state index is 11.9. The normalized spacial score (nSPS) is 12.0. The zero-order valence-corrected chi connectivity index (χ0v) is 13.0. The first-order valence-corrected chi connectivity index (χ1v) is 7.23. The number of anilines is 1. The van der Waals surface area contributed by atoms with Crippen molar-refractivity contribution in [3.8, 4) is 0 Å². The molecule has 112 valence electrons. The van der Waals surface area contributed by atoms with Crippen LogP contribution in [0.3, 0.4) is 0 Å². The molecule has 0 aliphatic carbocycles. The second kappa shape index (κ2) is 6.48. The van der Waals surface area contributed by atoms with E-state index in [9.17, 15) is 4.79 Å². The first-order valence-electron chi connectivity index (χ1n) is 7.23. The molecule has 0 spiro atoms. The molecule has 0 bridgehead atoms. The van der Waals surface area contributed by atoms with Gasteiger partial charge in [0.2, 0.25) is 0 Å². The molecule has 1 unspecified atom stereocenters. The highest BCUT2D eigenvalue weighted by Gasteiger charge is 2.12. The van der Waals surface area contributed by atoms with Crippen LogP contribution in [0.2, 0.25) is 0 Å². The van der Waals surface area contributed by atoms with Crippen LogP contribution in [0, 0.1) is 13.8 Å². The van der Waals surface area contributed by atoms with Crippen LogP contribution >= 0.6 is 0 Å². The molecule has 4 heteroatoms. The van der Waals surface area contributed by atoms with Gasteiger partial charge in [0.05, 0.1) is 6.04 Å². The molecular weight excluding hydrogens is 264 g/mol. The smallest absolute Gasteiger partial charge is 0.251 e. The number of hydrogen-bond acceptors (Lipinski definition) is 3. The average Bonchev–Trinajstić information content (AvgIpc) is 2.88. The summed E-state index contributed by atoms with van der Waals surface area (Å²) in [7, 11) is 0. The SMILES string of the molecule is CCNC(=O)c1ccc(C)c(NC(C)c2ccc(C)o2)c1. The van der Waals surface area contributed by atoms with E-state index in [4.69, 9.17) is 4.42 Å². The fraction of sp³-hybridized carbons (Fsp3) is 0.353. The number of amides is 1. The maximum Gasteiger partial charge on any atom is 0.251 e. The number of aryl methyl sites for hydroxylation is 2. The van der Waals surface area contributed by atoms with Crippen molar-refractivity contribution in [2.45, 2.75) is 33.7 Å². The highest BCUT2D eigenvalue weighted by Crippen LogP contribution is 2.24. The highest BCUT2D eigenvalue weighted by molar-refractivity contribution is 5.95. The molecule has 1 heterocycles. The summed E-state index contributed by atoms with van der Waals surface area (Å²) in [6.45, 7) is 8.52. The number of rotatable bonds is 5. The Morgan fingerprint density at radius 2 is 2.00 bits per heavy atom. The van der Waals surface area contributed by atoms with E-state index in [0.29, 0.717) is 12.1 Å². The minimum atomic E-state index is -0.0537. The van der Waals surface area contributed by atoms with Crippen molar-refractivity contribution in [1.82, 2.24) is 5.32 Å². The number of carbonyl (C=O) groups excluding carboxylic acids is 1. The van der Waals surface area contributed by atoms with Crippen LogP contribution in [0.15, 0.2) is 34.7 Å². The van der Waals surface area contributed by atoms with Gasteiger partial charge >= 0.3 is 0 Å². The van der Waals surface area contributed by atoms with Gasteiger partial charge in [0.15, 0.2) is 0 Å². The number of carbonyl (C=O) groups is 1. The standard InChI is InChI=1S/C17H22N2O2/c1-5-18-17(20)14-8-6-11(2)15(10-14)19-13(4)16-9-7-12(3)21-16/h6-10,13,19H,5H2,1-4H3,(H,18,20). The minimum Gasteiger partial charge on any atom is -0.464 e. The van der Waals surface area contributed by atoms with Crippen LogP contribution in [0.1, 0.15) is 47.3 Å². The van der Waals surface area contributed by atoms with Gasteiger partial charge in [0, 0.05) is 17.8 Å². The fourth-order valence-electron chi connectivity index (χ4n) is 2.17. The van der Waals surface area contributed by atoms with Crippen LogP contribution < -0.4 is 10.6 Å². The van der Waals surface area contributed by atoms with E-state index >= 15 is 0 Å². The Morgan fingerprint density at radius 3 is 2.62 bits per heavy atom. The summed E-state index contributed by atoms with van der Waals surface area (Å²) in [5.41, 5.74) is 2.70. The Morgan fingerprint density at radius 1 is 1.24 bits per heavy atom. The molecule has 4 nitrogen and oxygen atoms in total. The van der Waals surface area contributed by atoms with Crippen LogP contribution in [-0.4, -0.2) is 12.5 Å². The van der Waals surface area contributed by atoms with Crippen molar-refractivity contribution in [2.24, 2.45) is 0 Å². The Hall–Kier alpha value is -2.23. The Bertz CT molecular complexity index is 631. The zero-order valence-electron chi connectivity index (χ0n) is 13.0. The molecule has 0 fully saturated rings. The van der Waals surface area contributed by atoms with Gasteiger partial charge < -0.3 is 15.1 Å². The van der Waals surface area contributed by atoms with Crippen molar-refractivity contribution >= 4 is 11.6 Å². The Kier molecular flexibility index (Phi) is 4.68. The van der Waals surface area contributed by atoms with Crippen molar-refractivity contribution < 1.29 is 9.21 Å². The van der Waals surface area contributed by atoms with Gasteiger partial charge in [-0.3, -0.25) is 4.79 Å². The molecule has 2 N–H and O–H groups in total. The topological polar surface area (TPSA) is 54.3 Å². The van der Waals surface area contributed by atoms with Gasteiger partial charge in [-0.25, -0.2) is 0 Å². The largest absolute Gasteiger partial charge is 0.464 e. The molecule has 21 heavy (non-hydrogen) atoms. The van der Waals surface area contributed by atoms with E-state index in [0.717, 1.165) is 22.8 Å². The lowest BCUT2D eigenvalue weighted by Crippen LogP contribution is -2.22. The molecule has 2 rings (SSSR count). The molecule has 1 aromatic heterocycles. The summed E-state index contributed by atoms with van der Waals surface area (Å²) in [4.78, 5) is 11.9. The fourth-order valence-corrected chi connectivity index (χ4v) is 2.17. The van der Waals surface area contributed by atoms with E-state index in [1.165, 1.54) is 0 Å². The summed E-state index contributed by atoms with van der Waals surface area (Å²) in [6, 6.07) is 9.63. The van der Waals surface area contributed by atoms with Crippen LogP contribution in [0.25, 0.3) is 0 Å². The monoisotopic (exact) mass is 286 g/mol. The first kappa shape index (κ1) is 15.2. The van der Waals surface area contributed by atoms with Crippen LogP contribution in [-0.2, 0) is 0 Å². The summed E-state index contributed by atoms with van der Waals surface area (Å²) in [5.74, 6) is 1.73. The van der Waals surface area contributed by atoms with Crippen LogP contribution in [0.5, 0.6) is 0 Å². The number of hydrogen-bond donors (Lipinski definition) is 2. The summed E-state index contributed by atoms with van der Waals surface area (Å²) in [6.07, 6.45) is 0. The number of furan rings is 1. The van der Waals surface area contributed by atoms with Crippen molar-refractivity contribution in [2.75, 3.05) is 11.9 Å². The van der Waals surface area contributed by atoms with Gasteiger partial charge in [0.1, 0.15) is 11.5 Å². The predicted octanol–water partition coefficient (Wildman–Crippen LogP) is 3.82. The molecule has 2 aromatic rings. The molecular formula is C17H22N2O2. The second-order valence-corrected chi connectivity index (χ2v) is 5.20. The van der Waals surface area contributed by atoms with E-state index in [2.05, 4.69) is 10.6 Å². The molecule has 0 saturated heterocycles. The van der Waals surface area contributed by atoms with Gasteiger partial charge in [0.25, 0.3) is 5.91 Å². The van der Waals surface area contributed by atoms with E-state index in [1.54, 1.807) is 0 Å². The minimum absolute atomic E-state index is 0.0434. The van der Waals surface area contributed by atoms with Crippen molar-refractivity contribution in [3.63, 3.8) is 0 Å². The highest BCUT2D eigenvalue weighted by atomic mass is 16.3. The number of nitrogens with one attached hydrogen (secondary N) is 2. The van der Waals surface area contributed by atoms with Crippen molar-refractivity contribution in [1.29, 1.82) is 0 Å². The third kappa shape index (κ3) is 3.66. The molecule has 0 aliphatic heterocycles. The lowest BCUT2D eigenvalue weighted by atomic mass is 10.1. The molecule has 0 radical (unpaired) electrons. The van der Waals surface area contributed by atoms with E-state index < -0.39 is 0 Å².